The van der Waals surface area contributed by atoms with Gasteiger partial charge in [0.25, 0.3) is 11.8 Å². The zero-order valence-corrected chi connectivity index (χ0v) is 11.1. The van der Waals surface area contributed by atoms with Crippen molar-refractivity contribution < 1.29 is 18.5 Å². The number of carbonyl (C=O) groups excluding carboxylic acids is 1. The van der Waals surface area contributed by atoms with Crippen LogP contribution in [0.25, 0.3) is 11.5 Å². The first kappa shape index (κ1) is 12.4. The average Bonchev–Trinajstić information content (AvgIpc) is 3.19. The molecule has 0 aromatic carbocycles. The summed E-state index contributed by atoms with van der Waals surface area (Å²) in [6, 6.07) is 4.96. The molecule has 3 aromatic heterocycles. The van der Waals surface area contributed by atoms with Gasteiger partial charge in [-0.05, 0) is 17.3 Å². The summed E-state index contributed by atoms with van der Waals surface area (Å²) in [6.07, 6.45) is 1.56. The summed E-state index contributed by atoms with van der Waals surface area (Å²) < 4.78 is 14.9. The molecule has 3 heterocycles. The van der Waals surface area contributed by atoms with Crippen molar-refractivity contribution in [2.24, 2.45) is 0 Å². The maximum Gasteiger partial charge on any atom is 0.296 e. The topological polar surface area (TPSA) is 90.4 Å². The summed E-state index contributed by atoms with van der Waals surface area (Å²) in [5.74, 6) is 0.492. The van der Waals surface area contributed by atoms with Crippen LogP contribution >= 0.6 is 11.3 Å². The monoisotopic (exact) mass is 291 g/mol. The fourth-order valence-corrected chi connectivity index (χ4v) is 2.18. The Labute approximate surface area is 117 Å². The highest BCUT2D eigenvalue weighted by atomic mass is 32.1. The average molecular weight is 291 g/mol. The standard InChI is InChI=1S/C12H9N3O4S/c1-17-10-5-9(19-15-10)11(16)14-12-13-7(6-20-12)8-3-2-4-18-8/h2-6H,1H3,(H,13,14,16). The molecule has 1 amide bonds. The number of amides is 1. The Balaban J connectivity index is 1.73. The van der Waals surface area contributed by atoms with E-state index in [4.69, 9.17) is 13.7 Å². The molecule has 7 nitrogen and oxygen atoms in total. The lowest BCUT2D eigenvalue weighted by Gasteiger charge is -1.95. The Morgan fingerprint density at radius 2 is 2.40 bits per heavy atom. The van der Waals surface area contributed by atoms with Gasteiger partial charge >= 0.3 is 0 Å². The van der Waals surface area contributed by atoms with E-state index in [9.17, 15) is 4.79 Å². The van der Waals surface area contributed by atoms with E-state index in [1.807, 2.05) is 0 Å². The van der Waals surface area contributed by atoms with Gasteiger partial charge in [-0.25, -0.2) is 4.98 Å². The second-order valence-electron chi connectivity index (χ2n) is 3.70. The van der Waals surface area contributed by atoms with Gasteiger partial charge in [-0.15, -0.1) is 11.3 Å². The van der Waals surface area contributed by atoms with E-state index in [0.29, 0.717) is 16.6 Å². The predicted molar refractivity (Wildman–Crippen MR) is 70.8 cm³/mol. The number of furan rings is 1. The van der Waals surface area contributed by atoms with Crippen molar-refractivity contribution in [3.8, 4) is 17.3 Å². The highest BCUT2D eigenvalue weighted by molar-refractivity contribution is 7.14. The molecule has 8 heteroatoms. The number of thiazole rings is 1. The Kier molecular flexibility index (Phi) is 3.21. The van der Waals surface area contributed by atoms with E-state index in [0.717, 1.165) is 0 Å². The fourth-order valence-electron chi connectivity index (χ4n) is 1.49. The van der Waals surface area contributed by atoms with Gasteiger partial charge in [0.15, 0.2) is 10.9 Å². The number of anilines is 1. The number of nitrogens with zero attached hydrogens (tertiary/aromatic N) is 2. The van der Waals surface area contributed by atoms with E-state index in [1.165, 1.54) is 24.5 Å². The van der Waals surface area contributed by atoms with E-state index >= 15 is 0 Å². The number of rotatable bonds is 4. The molecule has 20 heavy (non-hydrogen) atoms. The normalized spacial score (nSPS) is 10.4. The molecule has 1 N–H and O–H groups in total. The lowest BCUT2D eigenvalue weighted by atomic mass is 10.4. The smallest absolute Gasteiger partial charge is 0.296 e. The number of methoxy groups -OCH3 is 1. The van der Waals surface area contributed by atoms with Crippen molar-refractivity contribution >= 4 is 22.4 Å². The van der Waals surface area contributed by atoms with Crippen LogP contribution in [0.2, 0.25) is 0 Å². The lowest BCUT2D eigenvalue weighted by Crippen LogP contribution is -2.10. The Bertz CT molecular complexity index is 717. The van der Waals surface area contributed by atoms with Crippen LogP contribution in [0.15, 0.2) is 38.8 Å². The van der Waals surface area contributed by atoms with Crippen molar-refractivity contribution in [2.75, 3.05) is 12.4 Å². The number of hydrogen-bond donors (Lipinski definition) is 1. The largest absolute Gasteiger partial charge is 0.479 e. The third-order valence-corrected chi connectivity index (χ3v) is 3.18. The van der Waals surface area contributed by atoms with Crippen LogP contribution in [0, 0.1) is 0 Å². The first-order valence-electron chi connectivity index (χ1n) is 5.58. The molecule has 0 saturated carbocycles. The van der Waals surface area contributed by atoms with Crippen LogP contribution in [0.3, 0.4) is 0 Å². The third-order valence-electron chi connectivity index (χ3n) is 2.42. The van der Waals surface area contributed by atoms with Gasteiger partial charge in [-0.1, -0.05) is 0 Å². The predicted octanol–water partition coefficient (Wildman–Crippen LogP) is 2.65. The van der Waals surface area contributed by atoms with Crippen LogP contribution in [0.4, 0.5) is 5.13 Å². The summed E-state index contributed by atoms with van der Waals surface area (Å²) >= 11 is 1.29. The van der Waals surface area contributed by atoms with Crippen LogP contribution in [-0.4, -0.2) is 23.2 Å². The fraction of sp³-hybridized carbons (Fsp3) is 0.0833. The van der Waals surface area contributed by atoms with Crippen LogP contribution in [-0.2, 0) is 0 Å². The number of aromatic nitrogens is 2. The Morgan fingerprint density at radius 3 is 3.10 bits per heavy atom. The van der Waals surface area contributed by atoms with Gasteiger partial charge in [0.05, 0.1) is 19.4 Å². The van der Waals surface area contributed by atoms with Crippen molar-refractivity contribution in [3.05, 3.63) is 35.6 Å². The minimum Gasteiger partial charge on any atom is -0.479 e. The molecule has 0 aliphatic rings. The van der Waals surface area contributed by atoms with Gasteiger partial charge in [0.1, 0.15) is 5.69 Å². The second-order valence-corrected chi connectivity index (χ2v) is 4.56. The molecule has 0 spiro atoms. The van der Waals surface area contributed by atoms with Crippen LogP contribution in [0.1, 0.15) is 10.6 Å². The zero-order valence-electron chi connectivity index (χ0n) is 10.3. The first-order valence-corrected chi connectivity index (χ1v) is 6.45. The minimum atomic E-state index is -0.443. The summed E-state index contributed by atoms with van der Waals surface area (Å²) in [4.78, 5) is 16.1. The van der Waals surface area contributed by atoms with Crippen molar-refractivity contribution in [3.63, 3.8) is 0 Å². The molecule has 0 saturated heterocycles. The zero-order chi connectivity index (χ0) is 13.9. The van der Waals surface area contributed by atoms with Gasteiger partial charge < -0.3 is 13.7 Å². The van der Waals surface area contributed by atoms with Crippen molar-refractivity contribution in [2.45, 2.75) is 0 Å². The Hall–Kier alpha value is -2.61. The van der Waals surface area contributed by atoms with Gasteiger partial charge in [0, 0.05) is 5.38 Å². The molecule has 102 valence electrons. The maximum atomic E-state index is 11.9. The number of carbonyl (C=O) groups is 1. The minimum absolute atomic E-state index is 0.0524. The van der Waals surface area contributed by atoms with Gasteiger partial charge in [0.2, 0.25) is 5.76 Å². The molecule has 0 fully saturated rings. The van der Waals surface area contributed by atoms with E-state index in [1.54, 1.807) is 23.8 Å². The van der Waals surface area contributed by atoms with Crippen LogP contribution in [0.5, 0.6) is 5.88 Å². The lowest BCUT2D eigenvalue weighted by molar-refractivity contribution is 0.0987. The van der Waals surface area contributed by atoms with Crippen molar-refractivity contribution in [1.29, 1.82) is 0 Å². The quantitative estimate of drug-likeness (QED) is 0.794. The van der Waals surface area contributed by atoms with Crippen LogP contribution < -0.4 is 10.1 Å². The molecule has 0 atom stereocenters. The molecule has 3 rings (SSSR count). The third kappa shape index (κ3) is 2.41. The molecule has 0 aliphatic heterocycles. The number of hydrogen-bond acceptors (Lipinski definition) is 7. The highest BCUT2D eigenvalue weighted by Crippen LogP contribution is 2.25. The summed E-state index contributed by atoms with van der Waals surface area (Å²) in [5, 5.41) is 8.40. The first-order chi connectivity index (χ1) is 9.76. The second kappa shape index (κ2) is 5.17. The maximum absolute atomic E-state index is 11.9. The molecule has 0 bridgehead atoms. The molecular formula is C12H9N3O4S. The van der Waals surface area contributed by atoms with E-state index < -0.39 is 5.91 Å². The van der Waals surface area contributed by atoms with Gasteiger partial charge in [-0.2, -0.15) is 0 Å². The number of ether oxygens (including phenoxy) is 1. The molecule has 0 radical (unpaired) electrons. The molecule has 0 unspecified atom stereocenters. The Morgan fingerprint density at radius 1 is 1.50 bits per heavy atom. The SMILES string of the molecule is COc1cc(C(=O)Nc2nc(-c3ccco3)cs2)on1. The highest BCUT2D eigenvalue weighted by Gasteiger charge is 2.15. The summed E-state index contributed by atoms with van der Waals surface area (Å²) in [7, 11) is 1.44. The molecule has 3 aromatic rings. The number of nitrogens with one attached hydrogen (secondary N) is 1. The van der Waals surface area contributed by atoms with Gasteiger partial charge in [-0.3, -0.25) is 10.1 Å². The molecule has 0 aliphatic carbocycles. The van der Waals surface area contributed by atoms with E-state index in [2.05, 4.69) is 15.5 Å². The van der Waals surface area contributed by atoms with E-state index in [-0.39, 0.29) is 11.6 Å². The molecular weight excluding hydrogens is 282 g/mol. The summed E-state index contributed by atoms with van der Waals surface area (Å²) in [6.45, 7) is 0. The summed E-state index contributed by atoms with van der Waals surface area (Å²) in [5.41, 5.74) is 0.658. The van der Waals surface area contributed by atoms with Crippen molar-refractivity contribution in [1.82, 2.24) is 10.1 Å².